The average Bonchev–Trinajstić information content (AvgIpc) is 2.36. The average molecular weight is 249 g/mol. The molecule has 1 amide bonds. The van der Waals surface area contributed by atoms with Crippen LogP contribution < -0.4 is 4.74 Å². The van der Waals surface area contributed by atoms with Crippen LogP contribution >= 0.6 is 0 Å². The lowest BCUT2D eigenvalue weighted by Crippen LogP contribution is -2.30. The van der Waals surface area contributed by atoms with Gasteiger partial charge in [-0.05, 0) is 30.5 Å². The summed E-state index contributed by atoms with van der Waals surface area (Å²) in [4.78, 5) is 13.8. The summed E-state index contributed by atoms with van der Waals surface area (Å²) in [6, 6.07) is 7.94. The van der Waals surface area contributed by atoms with Crippen LogP contribution in [0.4, 0.5) is 0 Å². The maximum absolute atomic E-state index is 12.0. The number of ether oxygens (including phenoxy) is 1. The molecular formula is C15H23NO2. The number of rotatable bonds is 5. The summed E-state index contributed by atoms with van der Waals surface area (Å²) in [5.74, 6) is 1.42. The molecule has 0 aliphatic heterocycles. The number of amides is 1. The van der Waals surface area contributed by atoms with Gasteiger partial charge in [-0.3, -0.25) is 4.79 Å². The Morgan fingerprint density at radius 3 is 2.22 bits per heavy atom. The second-order valence-electron chi connectivity index (χ2n) is 5.05. The lowest BCUT2D eigenvalue weighted by molar-refractivity contribution is -0.132. The zero-order valence-corrected chi connectivity index (χ0v) is 11.9. The van der Waals surface area contributed by atoms with E-state index in [1.807, 2.05) is 43.1 Å². The van der Waals surface area contributed by atoms with Crippen LogP contribution in [0.15, 0.2) is 24.3 Å². The first-order valence-corrected chi connectivity index (χ1v) is 6.35. The molecule has 0 radical (unpaired) electrons. The first kappa shape index (κ1) is 14.6. The lowest BCUT2D eigenvalue weighted by Gasteiger charge is -2.26. The van der Waals surface area contributed by atoms with Crippen LogP contribution in [-0.4, -0.2) is 25.0 Å². The maximum Gasteiger partial charge on any atom is 0.223 e. The minimum atomic E-state index is 0.0853. The summed E-state index contributed by atoms with van der Waals surface area (Å²) in [7, 11) is 3.51. The van der Waals surface area contributed by atoms with E-state index in [4.69, 9.17) is 4.74 Å². The van der Waals surface area contributed by atoms with E-state index >= 15 is 0 Å². The van der Waals surface area contributed by atoms with Gasteiger partial charge in [-0.15, -0.1) is 0 Å². The van der Waals surface area contributed by atoms with Crippen molar-refractivity contribution in [2.75, 3.05) is 14.2 Å². The van der Waals surface area contributed by atoms with Gasteiger partial charge in [-0.1, -0.05) is 26.0 Å². The fourth-order valence-electron chi connectivity index (χ4n) is 1.82. The number of carbonyl (C=O) groups excluding carboxylic acids is 1. The van der Waals surface area contributed by atoms with Crippen LogP contribution in [0.1, 0.15) is 38.8 Å². The number of benzene rings is 1. The van der Waals surface area contributed by atoms with E-state index in [1.54, 1.807) is 7.11 Å². The Hall–Kier alpha value is -1.51. The van der Waals surface area contributed by atoms with Crippen LogP contribution in [0.3, 0.4) is 0 Å². The molecule has 0 saturated heterocycles. The molecule has 0 N–H and O–H groups in total. The van der Waals surface area contributed by atoms with Gasteiger partial charge in [0.25, 0.3) is 0 Å². The third kappa shape index (κ3) is 3.76. The molecule has 100 valence electrons. The predicted octanol–water partition coefficient (Wildman–Crippen LogP) is 3.26. The van der Waals surface area contributed by atoms with E-state index in [2.05, 4.69) is 13.8 Å². The Morgan fingerprint density at radius 1 is 1.22 bits per heavy atom. The second kappa shape index (κ2) is 6.43. The molecule has 0 spiro atoms. The molecule has 0 saturated carbocycles. The predicted molar refractivity (Wildman–Crippen MR) is 73.6 cm³/mol. The second-order valence-corrected chi connectivity index (χ2v) is 5.05. The number of carbonyl (C=O) groups is 1. The number of hydrogen-bond acceptors (Lipinski definition) is 2. The zero-order chi connectivity index (χ0) is 13.7. The molecule has 1 unspecified atom stereocenters. The highest BCUT2D eigenvalue weighted by Crippen LogP contribution is 2.22. The van der Waals surface area contributed by atoms with Gasteiger partial charge in [0.1, 0.15) is 5.75 Å². The molecule has 0 aliphatic carbocycles. The van der Waals surface area contributed by atoms with E-state index in [-0.39, 0.29) is 11.9 Å². The molecule has 1 aromatic carbocycles. The Morgan fingerprint density at radius 2 is 1.78 bits per heavy atom. The molecule has 3 nitrogen and oxygen atoms in total. The molecular weight excluding hydrogens is 226 g/mol. The van der Waals surface area contributed by atoms with Crippen molar-refractivity contribution in [1.29, 1.82) is 0 Å². The summed E-state index contributed by atoms with van der Waals surface area (Å²) in [6.45, 7) is 6.16. The molecule has 1 aromatic rings. The van der Waals surface area contributed by atoms with Gasteiger partial charge in [0, 0.05) is 13.5 Å². The third-order valence-corrected chi connectivity index (χ3v) is 3.16. The van der Waals surface area contributed by atoms with Crippen LogP contribution in [0.25, 0.3) is 0 Å². The highest BCUT2D eigenvalue weighted by Gasteiger charge is 2.17. The maximum atomic E-state index is 12.0. The molecule has 0 aliphatic rings. The first-order valence-electron chi connectivity index (χ1n) is 6.35. The molecule has 0 aromatic heterocycles. The van der Waals surface area contributed by atoms with Crippen molar-refractivity contribution in [2.24, 2.45) is 5.92 Å². The van der Waals surface area contributed by atoms with E-state index in [0.29, 0.717) is 12.3 Å². The molecule has 1 rings (SSSR count). The Bertz CT molecular complexity index is 384. The normalized spacial score (nSPS) is 12.3. The third-order valence-electron chi connectivity index (χ3n) is 3.16. The largest absolute Gasteiger partial charge is 0.497 e. The Kier molecular flexibility index (Phi) is 5.20. The topological polar surface area (TPSA) is 29.5 Å². The van der Waals surface area contributed by atoms with Crippen molar-refractivity contribution in [3.8, 4) is 5.75 Å². The molecule has 0 bridgehead atoms. The van der Waals surface area contributed by atoms with Crippen LogP contribution in [0, 0.1) is 5.92 Å². The van der Waals surface area contributed by atoms with Crippen molar-refractivity contribution in [2.45, 2.75) is 33.2 Å². The molecule has 0 fully saturated rings. The van der Waals surface area contributed by atoms with E-state index in [1.165, 1.54) is 0 Å². The van der Waals surface area contributed by atoms with E-state index < -0.39 is 0 Å². The van der Waals surface area contributed by atoms with Crippen molar-refractivity contribution < 1.29 is 9.53 Å². The van der Waals surface area contributed by atoms with Crippen molar-refractivity contribution in [3.63, 3.8) is 0 Å². The zero-order valence-electron chi connectivity index (χ0n) is 11.9. The minimum absolute atomic E-state index is 0.0853. The standard InChI is InChI=1S/C15H23NO2/c1-11(2)10-15(17)16(4)12(3)13-6-8-14(18-5)9-7-13/h6-9,11-12H,10H2,1-5H3. The summed E-state index contributed by atoms with van der Waals surface area (Å²) in [6.07, 6.45) is 0.594. The van der Waals surface area contributed by atoms with Gasteiger partial charge in [-0.2, -0.15) is 0 Å². The molecule has 3 heteroatoms. The summed E-state index contributed by atoms with van der Waals surface area (Å²) < 4.78 is 5.13. The fourth-order valence-corrected chi connectivity index (χ4v) is 1.82. The highest BCUT2D eigenvalue weighted by molar-refractivity contribution is 5.76. The van der Waals surface area contributed by atoms with Crippen LogP contribution in [0.2, 0.25) is 0 Å². The van der Waals surface area contributed by atoms with E-state index in [0.717, 1.165) is 11.3 Å². The number of methoxy groups -OCH3 is 1. The van der Waals surface area contributed by atoms with Crippen LogP contribution in [-0.2, 0) is 4.79 Å². The lowest BCUT2D eigenvalue weighted by atomic mass is 10.1. The molecule has 0 heterocycles. The molecule has 1 atom stereocenters. The minimum Gasteiger partial charge on any atom is -0.497 e. The monoisotopic (exact) mass is 249 g/mol. The highest BCUT2D eigenvalue weighted by atomic mass is 16.5. The van der Waals surface area contributed by atoms with Gasteiger partial charge < -0.3 is 9.64 Å². The Balaban J connectivity index is 2.72. The number of nitrogens with zero attached hydrogens (tertiary/aromatic N) is 1. The summed E-state index contributed by atoms with van der Waals surface area (Å²) in [5, 5.41) is 0. The Labute approximate surface area is 110 Å². The van der Waals surface area contributed by atoms with Crippen molar-refractivity contribution in [3.05, 3.63) is 29.8 Å². The smallest absolute Gasteiger partial charge is 0.223 e. The van der Waals surface area contributed by atoms with Gasteiger partial charge in [-0.25, -0.2) is 0 Å². The summed E-state index contributed by atoms with van der Waals surface area (Å²) >= 11 is 0. The quantitative estimate of drug-likeness (QED) is 0.801. The first-order chi connectivity index (χ1) is 8.45. The van der Waals surface area contributed by atoms with Gasteiger partial charge in [0.2, 0.25) is 5.91 Å². The van der Waals surface area contributed by atoms with Crippen molar-refractivity contribution in [1.82, 2.24) is 4.90 Å². The van der Waals surface area contributed by atoms with Gasteiger partial charge in [0.15, 0.2) is 0 Å². The van der Waals surface area contributed by atoms with Crippen LogP contribution in [0.5, 0.6) is 5.75 Å². The van der Waals surface area contributed by atoms with Gasteiger partial charge in [0.05, 0.1) is 13.2 Å². The molecule has 18 heavy (non-hydrogen) atoms. The SMILES string of the molecule is COc1ccc(C(C)N(C)C(=O)CC(C)C)cc1. The summed E-state index contributed by atoms with van der Waals surface area (Å²) in [5.41, 5.74) is 1.12. The van der Waals surface area contributed by atoms with Crippen molar-refractivity contribution >= 4 is 5.91 Å². The fraction of sp³-hybridized carbons (Fsp3) is 0.533. The number of hydrogen-bond donors (Lipinski definition) is 0. The van der Waals surface area contributed by atoms with E-state index in [9.17, 15) is 4.79 Å². The van der Waals surface area contributed by atoms with Gasteiger partial charge >= 0.3 is 0 Å².